The van der Waals surface area contributed by atoms with Gasteiger partial charge in [0.15, 0.2) is 0 Å². The zero-order valence-corrected chi connectivity index (χ0v) is 13.5. The van der Waals surface area contributed by atoms with Crippen LogP contribution in [0.3, 0.4) is 0 Å². The van der Waals surface area contributed by atoms with Crippen molar-refractivity contribution < 1.29 is 9.13 Å². The molecule has 0 aliphatic carbocycles. The van der Waals surface area contributed by atoms with E-state index in [0.717, 1.165) is 12.8 Å². The molecule has 0 aliphatic heterocycles. The molecule has 0 heterocycles. The fourth-order valence-corrected chi connectivity index (χ4v) is 2.16. The predicted octanol–water partition coefficient (Wildman–Crippen LogP) is 5.55. The Hall–Kier alpha value is -1.20. The van der Waals surface area contributed by atoms with Crippen LogP contribution in [-0.4, -0.2) is 12.5 Å². The van der Waals surface area contributed by atoms with Gasteiger partial charge in [-0.3, -0.25) is 0 Å². The highest BCUT2D eigenvalue weighted by Crippen LogP contribution is 2.19. The molecule has 116 valence electrons. The Bertz CT molecular complexity index is 462. The van der Waals surface area contributed by atoms with E-state index in [-0.39, 0.29) is 11.7 Å². The zero-order valence-electron chi connectivity index (χ0n) is 12.8. The van der Waals surface area contributed by atoms with Crippen LogP contribution in [0.1, 0.15) is 57.4 Å². The van der Waals surface area contributed by atoms with Crippen LogP contribution < -0.4 is 4.74 Å². The van der Waals surface area contributed by atoms with Gasteiger partial charge in [0, 0.05) is 6.07 Å². The minimum Gasteiger partial charge on any atom is -0.492 e. The summed E-state index contributed by atoms with van der Waals surface area (Å²) in [6, 6.07) is 4.41. The number of benzene rings is 1. The summed E-state index contributed by atoms with van der Waals surface area (Å²) < 4.78 is 18.9. The number of halogens is 2. The van der Waals surface area contributed by atoms with Crippen molar-refractivity contribution in [2.75, 3.05) is 12.5 Å². The van der Waals surface area contributed by atoms with Crippen LogP contribution in [0.2, 0.25) is 0 Å². The normalized spacial score (nSPS) is 10.0. The lowest BCUT2D eigenvalue weighted by Gasteiger charge is -2.08. The van der Waals surface area contributed by atoms with Crippen molar-refractivity contribution >= 4 is 11.6 Å². The molecule has 3 heteroatoms. The molecule has 0 saturated carbocycles. The Morgan fingerprint density at radius 3 is 2.52 bits per heavy atom. The van der Waals surface area contributed by atoms with Crippen molar-refractivity contribution in [2.24, 2.45) is 0 Å². The average Bonchev–Trinajstić information content (AvgIpc) is 2.49. The molecule has 0 atom stereocenters. The predicted molar refractivity (Wildman–Crippen MR) is 87.5 cm³/mol. The fraction of sp³-hybridized carbons (Fsp3) is 0.556. The van der Waals surface area contributed by atoms with Crippen molar-refractivity contribution in [3.8, 4) is 17.6 Å². The topological polar surface area (TPSA) is 9.23 Å². The maximum absolute atomic E-state index is 13.3. The van der Waals surface area contributed by atoms with E-state index in [1.807, 2.05) is 0 Å². The third-order valence-corrected chi connectivity index (χ3v) is 3.37. The Morgan fingerprint density at radius 1 is 1.10 bits per heavy atom. The molecule has 0 radical (unpaired) electrons. The van der Waals surface area contributed by atoms with Crippen LogP contribution >= 0.6 is 11.6 Å². The quantitative estimate of drug-likeness (QED) is 0.330. The van der Waals surface area contributed by atoms with Gasteiger partial charge >= 0.3 is 0 Å². The first kappa shape index (κ1) is 17.9. The second-order valence-corrected chi connectivity index (χ2v) is 5.31. The Kier molecular flexibility index (Phi) is 9.74. The molecular weight excluding hydrogens is 287 g/mol. The Labute approximate surface area is 132 Å². The van der Waals surface area contributed by atoms with Gasteiger partial charge in [-0.15, -0.1) is 11.6 Å². The van der Waals surface area contributed by atoms with Gasteiger partial charge in [-0.25, -0.2) is 4.39 Å². The van der Waals surface area contributed by atoms with Gasteiger partial charge in [-0.05, 0) is 18.6 Å². The Balaban J connectivity index is 2.32. The number of hydrogen-bond acceptors (Lipinski definition) is 1. The van der Waals surface area contributed by atoms with E-state index in [1.165, 1.54) is 44.2 Å². The summed E-state index contributed by atoms with van der Waals surface area (Å²) in [5.41, 5.74) is 0.694. The number of unbranched alkanes of at least 4 members (excludes halogenated alkanes) is 6. The highest BCUT2D eigenvalue weighted by molar-refractivity contribution is 6.19. The number of rotatable bonds is 9. The minimum absolute atomic E-state index is 0.259. The standard InChI is InChI=1S/C18H24ClFO/c1-2-3-4-5-6-7-8-14-21-18-15-17(20)12-11-16(18)10-9-13-19/h11-12,15H,2-8,13-14H2,1H3. The number of ether oxygens (including phenoxy) is 1. The van der Waals surface area contributed by atoms with Gasteiger partial charge in [-0.2, -0.15) is 0 Å². The average molecular weight is 311 g/mol. The van der Waals surface area contributed by atoms with Crippen LogP contribution in [0, 0.1) is 17.7 Å². The summed E-state index contributed by atoms with van der Waals surface area (Å²) in [7, 11) is 0. The summed E-state index contributed by atoms with van der Waals surface area (Å²) in [5, 5.41) is 0. The largest absolute Gasteiger partial charge is 0.492 e. The first-order valence-corrected chi connectivity index (χ1v) is 8.28. The van der Waals surface area contributed by atoms with Gasteiger partial charge in [0.05, 0.1) is 18.1 Å². The summed E-state index contributed by atoms with van der Waals surface area (Å²) >= 11 is 5.54. The van der Waals surface area contributed by atoms with Crippen LogP contribution in [0.15, 0.2) is 18.2 Å². The molecule has 0 aromatic heterocycles. The van der Waals surface area contributed by atoms with Gasteiger partial charge in [0.1, 0.15) is 11.6 Å². The van der Waals surface area contributed by atoms with Crippen molar-refractivity contribution in [3.63, 3.8) is 0 Å². The molecule has 0 saturated heterocycles. The van der Waals surface area contributed by atoms with E-state index < -0.39 is 0 Å². The van der Waals surface area contributed by atoms with Crippen LogP contribution in [0.4, 0.5) is 4.39 Å². The maximum atomic E-state index is 13.3. The Morgan fingerprint density at radius 2 is 1.81 bits per heavy atom. The minimum atomic E-state index is -0.305. The number of hydrogen-bond donors (Lipinski definition) is 0. The van der Waals surface area contributed by atoms with E-state index in [4.69, 9.17) is 16.3 Å². The molecule has 0 amide bonds. The van der Waals surface area contributed by atoms with Gasteiger partial charge in [-0.1, -0.05) is 57.3 Å². The fourth-order valence-electron chi connectivity index (χ4n) is 2.09. The first-order chi connectivity index (χ1) is 10.3. The third-order valence-electron chi connectivity index (χ3n) is 3.24. The van der Waals surface area contributed by atoms with Crippen molar-refractivity contribution in [2.45, 2.75) is 51.9 Å². The van der Waals surface area contributed by atoms with Gasteiger partial charge < -0.3 is 4.74 Å². The molecule has 0 N–H and O–H groups in total. The van der Waals surface area contributed by atoms with Crippen LogP contribution in [0.5, 0.6) is 5.75 Å². The second-order valence-electron chi connectivity index (χ2n) is 5.05. The smallest absolute Gasteiger partial charge is 0.137 e. The van der Waals surface area contributed by atoms with Gasteiger partial charge in [0.2, 0.25) is 0 Å². The van der Waals surface area contributed by atoms with Crippen molar-refractivity contribution in [1.29, 1.82) is 0 Å². The molecule has 1 aromatic rings. The molecule has 0 unspecified atom stereocenters. The SMILES string of the molecule is CCCCCCCCCOc1cc(F)ccc1C#CCCl. The van der Waals surface area contributed by atoms with E-state index in [9.17, 15) is 4.39 Å². The van der Waals surface area contributed by atoms with Gasteiger partial charge in [0.25, 0.3) is 0 Å². The van der Waals surface area contributed by atoms with E-state index in [2.05, 4.69) is 18.8 Å². The molecule has 1 aromatic carbocycles. The lowest BCUT2D eigenvalue weighted by molar-refractivity contribution is 0.302. The molecule has 0 aliphatic rings. The van der Waals surface area contributed by atoms with Crippen molar-refractivity contribution in [3.05, 3.63) is 29.6 Å². The molecule has 1 nitrogen and oxygen atoms in total. The first-order valence-electron chi connectivity index (χ1n) is 7.75. The summed E-state index contributed by atoms with van der Waals surface area (Å²) in [6.07, 6.45) is 8.59. The second kappa shape index (κ2) is 11.5. The molecule has 21 heavy (non-hydrogen) atoms. The van der Waals surface area contributed by atoms with E-state index in [1.54, 1.807) is 6.07 Å². The lowest BCUT2D eigenvalue weighted by atomic mass is 10.1. The van der Waals surface area contributed by atoms with Crippen LogP contribution in [-0.2, 0) is 0 Å². The molecule has 1 rings (SSSR count). The summed E-state index contributed by atoms with van der Waals surface area (Å²) in [6.45, 7) is 2.82. The van der Waals surface area contributed by atoms with Crippen molar-refractivity contribution in [1.82, 2.24) is 0 Å². The maximum Gasteiger partial charge on any atom is 0.137 e. The highest BCUT2D eigenvalue weighted by Gasteiger charge is 2.03. The van der Waals surface area contributed by atoms with Crippen LogP contribution in [0.25, 0.3) is 0 Å². The van der Waals surface area contributed by atoms with E-state index in [0.29, 0.717) is 17.9 Å². The lowest BCUT2D eigenvalue weighted by Crippen LogP contribution is -1.99. The molecular formula is C18H24ClFO. The highest BCUT2D eigenvalue weighted by atomic mass is 35.5. The molecule has 0 fully saturated rings. The molecule has 0 spiro atoms. The third kappa shape index (κ3) is 7.97. The monoisotopic (exact) mass is 310 g/mol. The summed E-state index contributed by atoms with van der Waals surface area (Å²) in [4.78, 5) is 0. The zero-order chi connectivity index (χ0) is 15.3. The number of alkyl halides is 1. The van der Waals surface area contributed by atoms with E-state index >= 15 is 0 Å². The summed E-state index contributed by atoms with van der Waals surface area (Å²) in [5.74, 6) is 6.13. The molecule has 0 bridgehead atoms.